The van der Waals surface area contributed by atoms with Crippen LogP contribution < -0.4 is 21.7 Å². The summed E-state index contributed by atoms with van der Waals surface area (Å²) in [7, 11) is 6.78. The van der Waals surface area contributed by atoms with Gasteiger partial charge in [0.1, 0.15) is 22.8 Å². The number of primary amides is 1. The van der Waals surface area contributed by atoms with Crippen molar-refractivity contribution >= 4 is 28.9 Å². The number of carbonyl (C=O) groups excluding carboxylic acids is 3. The van der Waals surface area contributed by atoms with E-state index in [4.69, 9.17) is 11.5 Å². The number of amides is 1. The number of phenols is 1. The molecule has 12 nitrogen and oxygen atoms in total. The summed E-state index contributed by atoms with van der Waals surface area (Å²) in [5, 5.41) is 48.6. The molecule has 39 heavy (non-hydrogen) atoms. The zero-order chi connectivity index (χ0) is 29.1. The Morgan fingerprint density at radius 3 is 2.38 bits per heavy atom. The van der Waals surface area contributed by atoms with Crippen LogP contribution in [-0.2, 0) is 27.3 Å². The summed E-state index contributed by atoms with van der Waals surface area (Å²) in [4.78, 5) is 42.6. The minimum Gasteiger partial charge on any atom is -0.508 e. The Hall–Kier alpha value is -3.45. The molecular weight excluding hydrogens is 506 g/mol. The highest BCUT2D eigenvalue weighted by Crippen LogP contribution is 2.54. The Morgan fingerprint density at radius 2 is 1.85 bits per heavy atom. The first-order valence-corrected chi connectivity index (χ1v) is 12.8. The van der Waals surface area contributed by atoms with Gasteiger partial charge in [-0.3, -0.25) is 19.3 Å². The molecule has 3 aliphatic carbocycles. The number of fused-ring (bicyclic) bond motifs is 3. The van der Waals surface area contributed by atoms with E-state index in [1.54, 1.807) is 14.1 Å². The maximum absolute atomic E-state index is 14.0. The largest absolute Gasteiger partial charge is 0.508 e. The van der Waals surface area contributed by atoms with Gasteiger partial charge in [-0.15, -0.1) is 0 Å². The van der Waals surface area contributed by atoms with Crippen molar-refractivity contribution in [3.63, 3.8) is 0 Å². The number of benzene rings is 1. The van der Waals surface area contributed by atoms with Crippen LogP contribution in [0.5, 0.6) is 5.75 Å². The molecule has 0 aliphatic heterocycles. The number of ketones is 2. The maximum atomic E-state index is 14.0. The lowest BCUT2D eigenvalue weighted by molar-refractivity contribution is -0.153. The number of nitrogens with zero attached hydrogens (tertiary/aromatic N) is 2. The predicted octanol–water partition coefficient (Wildman–Crippen LogP) is -0.533. The molecule has 5 atom stereocenters. The highest BCUT2D eigenvalue weighted by atomic mass is 16.3. The number of aliphatic hydroxyl groups excluding tert-OH is 2. The molecule has 0 spiro atoms. The molecule has 4 rings (SSSR count). The molecule has 3 aliphatic rings. The number of anilines is 1. The third kappa shape index (κ3) is 4.27. The maximum Gasteiger partial charge on any atom is 0.255 e. The topological polar surface area (TPSA) is 203 Å². The van der Waals surface area contributed by atoms with E-state index < -0.39 is 58.0 Å². The number of aromatic hydroxyl groups is 1. The Balaban J connectivity index is 1.93. The van der Waals surface area contributed by atoms with Crippen molar-refractivity contribution in [2.24, 2.45) is 23.3 Å². The van der Waals surface area contributed by atoms with Crippen LogP contribution in [-0.4, -0.2) is 95.2 Å². The predicted molar refractivity (Wildman–Crippen MR) is 144 cm³/mol. The van der Waals surface area contributed by atoms with Gasteiger partial charge in [-0.2, -0.15) is 0 Å². The summed E-state index contributed by atoms with van der Waals surface area (Å²) in [6, 6.07) is 0.562. The smallest absolute Gasteiger partial charge is 0.255 e. The fraction of sp³-hybridized carbons (Fsp3) is 0.519. The fourth-order valence-corrected chi connectivity index (χ4v) is 6.31. The SMILES string of the molecule is CC(N)CNCc1cc(N(C)C)c2c(c1O)C(O)=C1C(=O)C3(O)C(O)=C(C(N)=O)C(=O)C(N(C)C)C3CC1C2. The van der Waals surface area contributed by atoms with E-state index in [2.05, 4.69) is 5.32 Å². The molecule has 9 N–H and O–H groups in total. The molecule has 0 aromatic heterocycles. The van der Waals surface area contributed by atoms with Crippen LogP contribution in [0.15, 0.2) is 23.0 Å². The van der Waals surface area contributed by atoms with Gasteiger partial charge in [0.15, 0.2) is 11.4 Å². The number of hydrogen-bond acceptors (Lipinski definition) is 11. The molecule has 212 valence electrons. The molecule has 12 heteroatoms. The Bertz CT molecular complexity index is 1320. The van der Waals surface area contributed by atoms with Crippen molar-refractivity contribution < 1.29 is 34.8 Å². The standard InChI is InChI=1S/C27H37N5O7/c1-11(28)9-30-10-13-8-16(31(2)3)14-6-12-7-15-20(32(4)5)23(35)19(26(29)38)25(37)27(15,39)24(36)17(12)22(34)18(14)21(13)33/h8,11-12,15,20,30,33-34,37,39H,6-7,9-10,28H2,1-5H3,(H2,29,38). The molecule has 0 saturated heterocycles. The molecule has 0 bridgehead atoms. The van der Waals surface area contributed by atoms with Gasteiger partial charge in [0.25, 0.3) is 5.91 Å². The van der Waals surface area contributed by atoms with E-state index in [9.17, 15) is 34.8 Å². The number of hydrogen-bond donors (Lipinski definition) is 7. The Morgan fingerprint density at radius 1 is 1.21 bits per heavy atom. The van der Waals surface area contributed by atoms with Gasteiger partial charge in [0.05, 0.1) is 11.6 Å². The van der Waals surface area contributed by atoms with Crippen LogP contribution in [0.25, 0.3) is 5.76 Å². The highest BCUT2D eigenvalue weighted by Gasteiger charge is 2.64. The minimum absolute atomic E-state index is 0.0388. The highest BCUT2D eigenvalue weighted by molar-refractivity contribution is 6.24. The monoisotopic (exact) mass is 543 g/mol. The van der Waals surface area contributed by atoms with E-state index >= 15 is 0 Å². The second-order valence-electron chi connectivity index (χ2n) is 11.2. The van der Waals surface area contributed by atoms with Crippen LogP contribution in [0.1, 0.15) is 30.0 Å². The van der Waals surface area contributed by atoms with Crippen LogP contribution in [0.2, 0.25) is 0 Å². The molecule has 0 radical (unpaired) electrons. The second kappa shape index (κ2) is 9.94. The first-order valence-electron chi connectivity index (χ1n) is 12.8. The zero-order valence-electron chi connectivity index (χ0n) is 22.8. The third-order valence-electron chi connectivity index (χ3n) is 8.04. The Kier molecular flexibility index (Phi) is 7.28. The van der Waals surface area contributed by atoms with E-state index in [1.807, 2.05) is 32.0 Å². The Labute approximate surface area is 226 Å². The zero-order valence-corrected chi connectivity index (χ0v) is 22.8. The van der Waals surface area contributed by atoms with Crippen molar-refractivity contribution in [3.05, 3.63) is 39.7 Å². The average molecular weight is 544 g/mol. The van der Waals surface area contributed by atoms with Crippen molar-refractivity contribution in [1.82, 2.24) is 10.2 Å². The van der Waals surface area contributed by atoms with Crippen LogP contribution in [0.3, 0.4) is 0 Å². The molecule has 1 fully saturated rings. The molecule has 1 aromatic carbocycles. The lowest BCUT2D eigenvalue weighted by atomic mass is 9.57. The van der Waals surface area contributed by atoms with Crippen molar-refractivity contribution in [1.29, 1.82) is 0 Å². The van der Waals surface area contributed by atoms with Gasteiger partial charge in [0, 0.05) is 56.0 Å². The molecule has 1 saturated carbocycles. The summed E-state index contributed by atoms with van der Waals surface area (Å²) in [5.74, 6) is -6.67. The molecular formula is C27H37N5O7. The van der Waals surface area contributed by atoms with Crippen LogP contribution in [0.4, 0.5) is 5.69 Å². The summed E-state index contributed by atoms with van der Waals surface area (Å²) >= 11 is 0. The number of likely N-dealkylation sites (N-methyl/N-ethyl adjacent to an activating group) is 1. The van der Waals surface area contributed by atoms with Crippen molar-refractivity contribution in [2.45, 2.75) is 44.0 Å². The summed E-state index contributed by atoms with van der Waals surface area (Å²) < 4.78 is 0. The van der Waals surface area contributed by atoms with E-state index in [1.165, 1.54) is 4.90 Å². The number of Topliss-reactive ketones (excluding diaryl/α,β-unsaturated/α-hetero) is 2. The molecule has 5 unspecified atom stereocenters. The van der Waals surface area contributed by atoms with Gasteiger partial charge in [0.2, 0.25) is 5.78 Å². The summed E-state index contributed by atoms with van der Waals surface area (Å²) in [5.41, 5.74) is 9.38. The lowest BCUT2D eigenvalue weighted by Crippen LogP contribution is -2.65. The fourth-order valence-electron chi connectivity index (χ4n) is 6.31. The van der Waals surface area contributed by atoms with Gasteiger partial charge in [-0.25, -0.2) is 0 Å². The number of nitrogens with two attached hydrogens (primary N) is 2. The lowest BCUT2D eigenvalue weighted by Gasteiger charge is -2.50. The molecule has 0 heterocycles. The van der Waals surface area contributed by atoms with E-state index in [0.717, 1.165) is 5.69 Å². The molecule has 1 amide bonds. The quantitative estimate of drug-likeness (QED) is 0.218. The first kappa shape index (κ1) is 28.6. The third-order valence-corrected chi connectivity index (χ3v) is 8.04. The van der Waals surface area contributed by atoms with Gasteiger partial charge in [-0.05, 0) is 51.4 Å². The van der Waals surface area contributed by atoms with Gasteiger partial charge >= 0.3 is 0 Å². The molecule has 1 aromatic rings. The van der Waals surface area contributed by atoms with Gasteiger partial charge in [-0.1, -0.05) is 0 Å². The number of phenolic OH excluding ortho intramolecular Hbond substituents is 1. The van der Waals surface area contributed by atoms with Crippen molar-refractivity contribution in [2.75, 3.05) is 39.6 Å². The van der Waals surface area contributed by atoms with Crippen molar-refractivity contribution in [3.8, 4) is 5.75 Å². The number of carbonyl (C=O) groups is 3. The second-order valence-corrected chi connectivity index (χ2v) is 11.2. The normalized spacial score (nSPS) is 27.3. The van der Waals surface area contributed by atoms with E-state index in [0.29, 0.717) is 17.7 Å². The average Bonchev–Trinajstić information content (AvgIpc) is 2.81. The summed E-state index contributed by atoms with van der Waals surface area (Å²) in [6.07, 6.45) is 0.264. The summed E-state index contributed by atoms with van der Waals surface area (Å²) in [6.45, 7) is 2.56. The number of aliphatic hydroxyl groups is 3. The van der Waals surface area contributed by atoms with Gasteiger partial charge < -0.3 is 42.1 Å². The number of rotatable bonds is 7. The minimum atomic E-state index is -2.67. The van der Waals surface area contributed by atoms with Crippen LogP contribution >= 0.6 is 0 Å². The number of nitrogens with one attached hydrogen (secondary N) is 1. The van der Waals surface area contributed by atoms with Crippen LogP contribution in [0, 0.1) is 11.8 Å². The van der Waals surface area contributed by atoms with E-state index in [-0.39, 0.29) is 42.3 Å². The first-order chi connectivity index (χ1) is 18.1.